The zero-order valence-electron chi connectivity index (χ0n) is 11.7. The van der Waals surface area contributed by atoms with Crippen molar-refractivity contribution in [2.24, 2.45) is 7.05 Å². The normalized spacial score (nSPS) is 10.8. The number of rotatable bonds is 4. The van der Waals surface area contributed by atoms with Crippen LogP contribution in [0.1, 0.15) is 34.2 Å². The van der Waals surface area contributed by atoms with Crippen molar-refractivity contribution in [3.8, 4) is 0 Å². The first-order valence-corrected chi connectivity index (χ1v) is 7.60. The van der Waals surface area contributed by atoms with E-state index in [0.29, 0.717) is 10.6 Å². The Hall–Kier alpha value is -1.13. The second-order valence-electron chi connectivity index (χ2n) is 4.77. The van der Waals surface area contributed by atoms with E-state index in [2.05, 4.69) is 21.0 Å². The molecule has 0 aliphatic rings. The zero-order chi connectivity index (χ0) is 14.9. The summed E-state index contributed by atoms with van der Waals surface area (Å²) in [5.74, 6) is 0.0319. The molecule has 2 aromatic rings. The number of hydrogen-bond acceptors (Lipinski definition) is 2. The minimum absolute atomic E-state index is 0.0319. The average Bonchev–Trinajstić information content (AvgIpc) is 2.66. The second kappa shape index (κ2) is 6.10. The first-order chi connectivity index (χ1) is 9.43. The van der Waals surface area contributed by atoms with Crippen molar-refractivity contribution in [2.45, 2.75) is 26.7 Å². The maximum absolute atomic E-state index is 12.4. The van der Waals surface area contributed by atoms with E-state index in [1.807, 2.05) is 39.1 Å². The number of ketones is 1. The lowest BCUT2D eigenvalue weighted by atomic mass is 10.0. The Kier molecular flexibility index (Phi) is 4.66. The molecule has 0 radical (unpaired) electrons. The molecule has 5 heteroatoms. The lowest BCUT2D eigenvalue weighted by molar-refractivity contribution is 0.0990. The van der Waals surface area contributed by atoms with E-state index >= 15 is 0 Å². The molecule has 0 fully saturated rings. The first kappa shape index (κ1) is 15.3. The molecule has 0 bridgehead atoms. The van der Waals surface area contributed by atoms with Gasteiger partial charge in [-0.05, 0) is 31.0 Å². The molecule has 0 saturated heterocycles. The van der Waals surface area contributed by atoms with Crippen LogP contribution < -0.4 is 0 Å². The smallest absolute Gasteiger partial charge is 0.169 e. The molecule has 0 amide bonds. The van der Waals surface area contributed by atoms with Crippen LogP contribution >= 0.6 is 27.5 Å². The minimum atomic E-state index is 0.0319. The van der Waals surface area contributed by atoms with Crippen molar-refractivity contribution in [2.75, 3.05) is 0 Å². The topological polar surface area (TPSA) is 34.9 Å². The molecule has 1 aromatic carbocycles. The van der Waals surface area contributed by atoms with Crippen molar-refractivity contribution in [1.29, 1.82) is 0 Å². The highest BCUT2D eigenvalue weighted by molar-refractivity contribution is 9.10. The predicted molar refractivity (Wildman–Crippen MR) is 84.5 cm³/mol. The third-order valence-electron chi connectivity index (χ3n) is 3.26. The summed E-state index contributed by atoms with van der Waals surface area (Å²) in [6.45, 7) is 3.99. The van der Waals surface area contributed by atoms with Crippen LogP contribution in [0, 0.1) is 6.92 Å². The van der Waals surface area contributed by atoms with Gasteiger partial charge in [0.1, 0.15) is 0 Å². The molecule has 1 heterocycles. The molecule has 0 N–H and O–H groups in total. The summed E-state index contributed by atoms with van der Waals surface area (Å²) in [7, 11) is 1.82. The van der Waals surface area contributed by atoms with Crippen LogP contribution in [-0.4, -0.2) is 15.6 Å². The SMILES string of the molecule is CCc1nn(C)c(CC(=O)c2ccc(C)cc2Br)c1Cl. The molecule has 2 rings (SSSR count). The maximum atomic E-state index is 12.4. The van der Waals surface area contributed by atoms with Crippen LogP contribution in [0.2, 0.25) is 5.02 Å². The van der Waals surface area contributed by atoms with E-state index in [9.17, 15) is 4.79 Å². The predicted octanol–water partition coefficient (Wildman–Crippen LogP) is 4.13. The third kappa shape index (κ3) is 2.96. The number of carbonyl (C=O) groups is 1. The molecule has 0 atom stereocenters. The van der Waals surface area contributed by atoms with E-state index in [4.69, 9.17) is 11.6 Å². The van der Waals surface area contributed by atoms with Gasteiger partial charge in [0.2, 0.25) is 0 Å². The van der Waals surface area contributed by atoms with Gasteiger partial charge < -0.3 is 0 Å². The standard InChI is InChI=1S/C15H16BrClN2O/c1-4-12-15(17)13(19(3)18-12)8-14(20)10-6-5-9(2)7-11(10)16/h5-7H,4,8H2,1-3H3. The van der Waals surface area contributed by atoms with E-state index in [1.54, 1.807) is 4.68 Å². The fourth-order valence-corrected chi connectivity index (χ4v) is 3.18. The van der Waals surface area contributed by atoms with Gasteiger partial charge in [-0.1, -0.05) is 40.5 Å². The number of aryl methyl sites for hydroxylation is 3. The molecule has 3 nitrogen and oxygen atoms in total. The van der Waals surface area contributed by atoms with Crippen molar-refractivity contribution in [1.82, 2.24) is 9.78 Å². The molecule has 106 valence electrons. The van der Waals surface area contributed by atoms with E-state index < -0.39 is 0 Å². The van der Waals surface area contributed by atoms with E-state index in [1.165, 1.54) is 0 Å². The van der Waals surface area contributed by atoms with Gasteiger partial charge in [0.25, 0.3) is 0 Å². The lowest BCUT2D eigenvalue weighted by Gasteiger charge is -2.06. The van der Waals surface area contributed by atoms with Crippen molar-refractivity contribution in [3.05, 3.63) is 50.2 Å². The minimum Gasteiger partial charge on any atom is -0.294 e. The summed E-state index contributed by atoms with van der Waals surface area (Å²) < 4.78 is 2.51. The Morgan fingerprint density at radius 1 is 1.45 bits per heavy atom. The van der Waals surface area contributed by atoms with Crippen LogP contribution in [-0.2, 0) is 19.9 Å². The van der Waals surface area contributed by atoms with E-state index in [0.717, 1.165) is 27.8 Å². The van der Waals surface area contributed by atoms with Crippen LogP contribution in [0.5, 0.6) is 0 Å². The van der Waals surface area contributed by atoms with Crippen LogP contribution in [0.4, 0.5) is 0 Å². The number of halogens is 2. The summed E-state index contributed by atoms with van der Waals surface area (Å²) in [6, 6.07) is 5.71. The summed E-state index contributed by atoms with van der Waals surface area (Å²) in [4.78, 5) is 12.4. The molecule has 0 aliphatic heterocycles. The summed E-state index contributed by atoms with van der Waals surface area (Å²) in [5, 5.41) is 4.94. The van der Waals surface area contributed by atoms with E-state index in [-0.39, 0.29) is 12.2 Å². The molecule has 0 aliphatic carbocycles. The monoisotopic (exact) mass is 354 g/mol. The van der Waals surface area contributed by atoms with Gasteiger partial charge >= 0.3 is 0 Å². The summed E-state index contributed by atoms with van der Waals surface area (Å²) >= 11 is 9.72. The van der Waals surface area contributed by atoms with Gasteiger partial charge in [-0.25, -0.2) is 0 Å². The highest BCUT2D eigenvalue weighted by atomic mass is 79.9. The van der Waals surface area contributed by atoms with Crippen LogP contribution in [0.25, 0.3) is 0 Å². The summed E-state index contributed by atoms with van der Waals surface area (Å²) in [5.41, 5.74) is 3.38. The quantitative estimate of drug-likeness (QED) is 0.773. The third-order valence-corrected chi connectivity index (χ3v) is 4.35. The molecular weight excluding hydrogens is 340 g/mol. The van der Waals surface area contributed by atoms with Crippen LogP contribution in [0.15, 0.2) is 22.7 Å². The molecule has 1 aromatic heterocycles. The Morgan fingerprint density at radius 2 is 2.15 bits per heavy atom. The zero-order valence-corrected chi connectivity index (χ0v) is 14.0. The number of aromatic nitrogens is 2. The van der Waals surface area contributed by atoms with Gasteiger partial charge in [-0.2, -0.15) is 5.10 Å². The summed E-state index contributed by atoms with van der Waals surface area (Å²) in [6.07, 6.45) is 1.01. The Morgan fingerprint density at radius 3 is 2.70 bits per heavy atom. The van der Waals surface area contributed by atoms with Crippen molar-refractivity contribution < 1.29 is 4.79 Å². The number of carbonyl (C=O) groups excluding carboxylic acids is 1. The first-order valence-electron chi connectivity index (χ1n) is 6.43. The Balaban J connectivity index is 2.30. The molecule has 0 spiro atoms. The Labute approximate surface area is 132 Å². The number of Topliss-reactive ketones (excluding diaryl/α,β-unsaturated/α-hetero) is 1. The van der Waals surface area contributed by atoms with Gasteiger partial charge in [0.15, 0.2) is 5.78 Å². The fraction of sp³-hybridized carbons (Fsp3) is 0.333. The van der Waals surface area contributed by atoms with Gasteiger partial charge in [-0.15, -0.1) is 0 Å². The second-order valence-corrected chi connectivity index (χ2v) is 6.00. The average molecular weight is 356 g/mol. The van der Waals surface area contributed by atoms with Crippen LogP contribution in [0.3, 0.4) is 0 Å². The molecule has 0 unspecified atom stereocenters. The molecular formula is C15H16BrClN2O. The lowest BCUT2D eigenvalue weighted by Crippen LogP contribution is -2.09. The van der Waals surface area contributed by atoms with Crippen molar-refractivity contribution in [3.63, 3.8) is 0 Å². The largest absolute Gasteiger partial charge is 0.294 e. The highest BCUT2D eigenvalue weighted by Gasteiger charge is 2.18. The fourth-order valence-electron chi connectivity index (χ4n) is 2.11. The maximum Gasteiger partial charge on any atom is 0.169 e. The van der Waals surface area contributed by atoms with Gasteiger partial charge in [0.05, 0.1) is 22.8 Å². The number of nitrogens with zero attached hydrogens (tertiary/aromatic N) is 2. The van der Waals surface area contributed by atoms with Gasteiger partial charge in [-0.3, -0.25) is 9.48 Å². The number of hydrogen-bond donors (Lipinski definition) is 0. The Bertz CT molecular complexity index is 664. The highest BCUT2D eigenvalue weighted by Crippen LogP contribution is 2.24. The molecule has 20 heavy (non-hydrogen) atoms. The molecule has 0 saturated carbocycles. The van der Waals surface area contributed by atoms with Gasteiger partial charge in [0, 0.05) is 17.1 Å². The van der Waals surface area contributed by atoms with Crippen molar-refractivity contribution >= 4 is 33.3 Å². The number of benzene rings is 1.